The Labute approximate surface area is 123 Å². The molecule has 0 N–H and O–H groups in total. The van der Waals surface area contributed by atoms with E-state index in [1.807, 2.05) is 19.9 Å². The molecule has 0 radical (unpaired) electrons. The Morgan fingerprint density at radius 1 is 1.30 bits per heavy atom. The van der Waals surface area contributed by atoms with Gasteiger partial charge in [-0.25, -0.2) is 4.98 Å². The molecule has 20 heavy (non-hydrogen) atoms. The normalized spacial score (nSPS) is 10.1. The van der Waals surface area contributed by atoms with E-state index in [0.717, 1.165) is 18.4 Å². The molecule has 0 spiro atoms. The summed E-state index contributed by atoms with van der Waals surface area (Å²) >= 11 is 5.97. The van der Waals surface area contributed by atoms with Gasteiger partial charge in [-0.05, 0) is 31.0 Å². The van der Waals surface area contributed by atoms with Crippen molar-refractivity contribution >= 4 is 11.6 Å². The first-order valence-corrected chi connectivity index (χ1v) is 6.72. The third-order valence-corrected chi connectivity index (χ3v) is 2.92. The number of aromatic nitrogens is 2. The number of halogens is 1. The van der Waals surface area contributed by atoms with E-state index in [4.69, 9.17) is 21.6 Å². The molecule has 0 aliphatic rings. The van der Waals surface area contributed by atoms with Crippen molar-refractivity contribution in [3.05, 3.63) is 46.4 Å². The number of aryl methyl sites for hydroxylation is 2. The topological polar surface area (TPSA) is 58.8 Å². The van der Waals surface area contributed by atoms with Crippen LogP contribution in [0.5, 0.6) is 11.6 Å². The maximum absolute atomic E-state index is 8.92. The van der Waals surface area contributed by atoms with Crippen LogP contribution in [0.2, 0.25) is 5.15 Å². The van der Waals surface area contributed by atoms with E-state index < -0.39 is 0 Å². The third-order valence-electron chi connectivity index (χ3n) is 2.72. The molecule has 1 aromatic heterocycles. The van der Waals surface area contributed by atoms with Gasteiger partial charge in [0.05, 0.1) is 11.6 Å². The molecule has 0 fully saturated rings. The summed E-state index contributed by atoms with van der Waals surface area (Å²) in [6.45, 7) is 3.96. The molecule has 0 saturated heterocycles. The monoisotopic (exact) mass is 287 g/mol. The van der Waals surface area contributed by atoms with Gasteiger partial charge in [0.2, 0.25) is 5.88 Å². The lowest BCUT2D eigenvalue weighted by molar-refractivity contribution is 0.455. The van der Waals surface area contributed by atoms with Gasteiger partial charge in [-0.1, -0.05) is 24.6 Å². The molecule has 0 bridgehead atoms. The zero-order valence-electron chi connectivity index (χ0n) is 11.4. The van der Waals surface area contributed by atoms with Crippen LogP contribution in [0.1, 0.15) is 30.3 Å². The van der Waals surface area contributed by atoms with Gasteiger partial charge >= 0.3 is 0 Å². The zero-order chi connectivity index (χ0) is 14.5. The second-order valence-electron chi connectivity index (χ2n) is 4.39. The molecule has 0 atom stereocenters. The van der Waals surface area contributed by atoms with Crippen LogP contribution in [0.3, 0.4) is 0 Å². The van der Waals surface area contributed by atoms with Crippen molar-refractivity contribution in [2.24, 2.45) is 0 Å². The molecule has 4 nitrogen and oxygen atoms in total. The first-order chi connectivity index (χ1) is 9.62. The first kappa shape index (κ1) is 14.3. The summed E-state index contributed by atoms with van der Waals surface area (Å²) in [6.07, 6.45) is 1.68. The Kier molecular flexibility index (Phi) is 4.54. The van der Waals surface area contributed by atoms with Crippen molar-refractivity contribution < 1.29 is 4.74 Å². The SMILES string of the molecule is CCCc1nc(Cl)cc(Oc2cc(C#N)ccc2C)n1. The van der Waals surface area contributed by atoms with Crippen molar-refractivity contribution in [1.29, 1.82) is 5.26 Å². The van der Waals surface area contributed by atoms with Crippen molar-refractivity contribution in [1.82, 2.24) is 9.97 Å². The van der Waals surface area contributed by atoms with Crippen LogP contribution in [0, 0.1) is 18.3 Å². The third kappa shape index (κ3) is 3.46. The first-order valence-electron chi connectivity index (χ1n) is 6.34. The van der Waals surface area contributed by atoms with Gasteiger partial charge in [0, 0.05) is 12.5 Å². The second-order valence-corrected chi connectivity index (χ2v) is 4.78. The van der Waals surface area contributed by atoms with Gasteiger partial charge < -0.3 is 4.74 Å². The molecule has 0 aliphatic heterocycles. The lowest BCUT2D eigenvalue weighted by Gasteiger charge is -2.09. The van der Waals surface area contributed by atoms with Crippen LogP contribution >= 0.6 is 11.6 Å². The Morgan fingerprint density at radius 3 is 2.80 bits per heavy atom. The molecule has 0 unspecified atom stereocenters. The van der Waals surface area contributed by atoms with Crippen molar-refractivity contribution in [2.45, 2.75) is 26.7 Å². The minimum Gasteiger partial charge on any atom is -0.439 e. The van der Waals surface area contributed by atoms with Gasteiger partial charge in [-0.3, -0.25) is 0 Å². The maximum Gasteiger partial charge on any atom is 0.224 e. The highest BCUT2D eigenvalue weighted by atomic mass is 35.5. The molecular formula is C15H14ClN3O. The van der Waals surface area contributed by atoms with E-state index in [-0.39, 0.29) is 0 Å². The van der Waals surface area contributed by atoms with Crippen LogP contribution < -0.4 is 4.74 Å². The molecule has 0 aliphatic carbocycles. The molecule has 0 amide bonds. The summed E-state index contributed by atoms with van der Waals surface area (Å²) in [4.78, 5) is 8.46. The van der Waals surface area contributed by atoms with E-state index >= 15 is 0 Å². The van der Waals surface area contributed by atoms with Crippen LogP contribution in [0.4, 0.5) is 0 Å². The van der Waals surface area contributed by atoms with Crippen LogP contribution in [-0.4, -0.2) is 9.97 Å². The lowest BCUT2D eigenvalue weighted by Crippen LogP contribution is -1.98. The van der Waals surface area contributed by atoms with Crippen LogP contribution in [0.15, 0.2) is 24.3 Å². The van der Waals surface area contributed by atoms with E-state index in [1.54, 1.807) is 18.2 Å². The summed E-state index contributed by atoms with van der Waals surface area (Å²) in [7, 11) is 0. The lowest BCUT2D eigenvalue weighted by atomic mass is 10.1. The zero-order valence-corrected chi connectivity index (χ0v) is 12.1. The van der Waals surface area contributed by atoms with Gasteiger partial charge in [0.1, 0.15) is 16.7 Å². The molecule has 0 saturated carbocycles. The minimum atomic E-state index is 0.354. The highest BCUT2D eigenvalue weighted by Gasteiger charge is 2.08. The average molecular weight is 288 g/mol. The Balaban J connectivity index is 2.32. The standard InChI is InChI=1S/C15H14ClN3O/c1-3-4-14-18-13(16)8-15(19-14)20-12-7-11(9-17)6-5-10(12)2/h5-8H,3-4H2,1-2H3. The molecule has 1 aromatic carbocycles. The van der Waals surface area contributed by atoms with E-state index in [9.17, 15) is 0 Å². The van der Waals surface area contributed by atoms with Crippen LogP contribution in [0.25, 0.3) is 0 Å². The van der Waals surface area contributed by atoms with Crippen molar-refractivity contribution in [3.8, 4) is 17.7 Å². The van der Waals surface area contributed by atoms with Crippen molar-refractivity contribution in [2.75, 3.05) is 0 Å². The Hall–Kier alpha value is -2.12. The van der Waals surface area contributed by atoms with Gasteiger partial charge in [-0.15, -0.1) is 0 Å². The molecule has 2 rings (SSSR count). The highest BCUT2D eigenvalue weighted by molar-refractivity contribution is 6.29. The molecule has 102 valence electrons. The summed E-state index contributed by atoms with van der Waals surface area (Å²) < 4.78 is 5.73. The fourth-order valence-electron chi connectivity index (χ4n) is 1.72. The number of hydrogen-bond acceptors (Lipinski definition) is 4. The second kappa shape index (κ2) is 6.36. The number of nitriles is 1. The summed E-state index contributed by atoms with van der Waals surface area (Å²) in [5.41, 5.74) is 1.47. The largest absolute Gasteiger partial charge is 0.439 e. The number of rotatable bonds is 4. The van der Waals surface area contributed by atoms with E-state index in [1.165, 1.54) is 0 Å². The number of benzene rings is 1. The fraction of sp³-hybridized carbons (Fsp3) is 0.267. The van der Waals surface area contributed by atoms with Gasteiger partial charge in [-0.2, -0.15) is 10.2 Å². The van der Waals surface area contributed by atoms with Crippen molar-refractivity contribution in [3.63, 3.8) is 0 Å². The number of ether oxygens (including phenoxy) is 1. The summed E-state index contributed by atoms with van der Waals surface area (Å²) in [5, 5.41) is 9.28. The molecule has 2 aromatic rings. The average Bonchev–Trinajstić information content (AvgIpc) is 2.41. The fourth-order valence-corrected chi connectivity index (χ4v) is 1.91. The number of nitrogens with zero attached hydrogens (tertiary/aromatic N) is 3. The van der Waals surface area contributed by atoms with Gasteiger partial charge in [0.15, 0.2) is 0 Å². The highest BCUT2D eigenvalue weighted by Crippen LogP contribution is 2.26. The predicted octanol–water partition coefficient (Wildman–Crippen LogP) is 4.05. The molecule has 1 heterocycles. The Bertz CT molecular complexity index is 665. The predicted molar refractivity (Wildman–Crippen MR) is 77.0 cm³/mol. The van der Waals surface area contributed by atoms with Gasteiger partial charge in [0.25, 0.3) is 0 Å². The minimum absolute atomic E-state index is 0.354. The summed E-state index contributed by atoms with van der Waals surface area (Å²) in [6, 6.07) is 8.92. The smallest absolute Gasteiger partial charge is 0.224 e. The Morgan fingerprint density at radius 2 is 2.10 bits per heavy atom. The summed E-state index contributed by atoms with van der Waals surface area (Å²) in [5.74, 6) is 1.65. The maximum atomic E-state index is 8.92. The van der Waals surface area contributed by atoms with Crippen LogP contribution in [-0.2, 0) is 6.42 Å². The van der Waals surface area contributed by atoms with E-state index in [2.05, 4.69) is 16.0 Å². The molecule has 5 heteroatoms. The van der Waals surface area contributed by atoms with E-state index in [0.29, 0.717) is 28.2 Å². The quantitative estimate of drug-likeness (QED) is 0.796. The number of hydrogen-bond donors (Lipinski definition) is 0. The molecular weight excluding hydrogens is 274 g/mol.